The largest absolute Gasteiger partial charge is 0.444 e. The summed E-state index contributed by atoms with van der Waals surface area (Å²) < 4.78 is 34.1. The van der Waals surface area contributed by atoms with Crippen LogP contribution in [0.15, 0.2) is 102 Å². The zero-order chi connectivity index (χ0) is 40.7. The number of unbranched alkanes of at least 4 members (excludes halogenated alkanes) is 1. The van der Waals surface area contributed by atoms with Crippen LogP contribution in [0.5, 0.6) is 0 Å². The molecule has 0 radical (unpaired) electrons. The van der Waals surface area contributed by atoms with E-state index in [0.29, 0.717) is 23.4 Å². The van der Waals surface area contributed by atoms with Crippen molar-refractivity contribution in [3.63, 3.8) is 0 Å². The molecule has 0 saturated heterocycles. The Balaban J connectivity index is 1.53. The van der Waals surface area contributed by atoms with Crippen molar-refractivity contribution >= 4 is 39.7 Å². The monoisotopic (exact) mass is 800 g/mol. The summed E-state index contributed by atoms with van der Waals surface area (Å²) in [5.74, 6) is -0.790. The number of nitrogens with one attached hydrogen (secondary N) is 3. The Kier molecular flexibility index (Phi) is 16.6. The lowest BCUT2D eigenvalue weighted by atomic mass is 9.93. The van der Waals surface area contributed by atoms with Crippen LogP contribution < -0.4 is 15.4 Å². The molecule has 1 atom stereocenters. The summed E-state index contributed by atoms with van der Waals surface area (Å²) in [6, 6.07) is 28.9. The molecule has 56 heavy (non-hydrogen) atoms. The van der Waals surface area contributed by atoms with Gasteiger partial charge in [-0.25, -0.2) is 17.9 Å². The minimum Gasteiger partial charge on any atom is -0.444 e. The van der Waals surface area contributed by atoms with Crippen LogP contribution in [0.3, 0.4) is 0 Å². The first kappa shape index (κ1) is 44.1. The molecule has 0 aliphatic heterocycles. The zero-order valence-electron chi connectivity index (χ0n) is 33.4. The molecule has 12 heteroatoms. The highest BCUT2D eigenvalue weighted by atomic mass is 32.2. The molecule has 4 aromatic carbocycles. The van der Waals surface area contributed by atoms with Crippen LogP contribution in [0.2, 0.25) is 0 Å². The first-order valence-corrected chi connectivity index (χ1v) is 21.9. The van der Waals surface area contributed by atoms with Crippen molar-refractivity contribution in [3.8, 4) is 11.1 Å². The molecule has 0 heterocycles. The molecule has 0 unspecified atom stereocenters. The number of carbonyl (C=O) groups excluding carboxylic acids is 3. The number of sulfonamides is 1. The van der Waals surface area contributed by atoms with Gasteiger partial charge in [0.25, 0.3) is 21.8 Å². The smallest absolute Gasteiger partial charge is 0.407 e. The fourth-order valence-corrected chi connectivity index (χ4v) is 7.60. The van der Waals surface area contributed by atoms with Crippen molar-refractivity contribution in [3.05, 3.63) is 125 Å². The number of rotatable bonds is 19. The first-order valence-electron chi connectivity index (χ1n) is 19.1. The molecule has 300 valence electrons. The molecule has 3 amide bonds. The number of hydrogen-bond acceptors (Lipinski definition) is 8. The van der Waals surface area contributed by atoms with Gasteiger partial charge in [-0.3, -0.25) is 14.5 Å². The number of hydrogen-bond donors (Lipinski definition) is 3. The molecule has 10 nitrogen and oxygen atoms in total. The van der Waals surface area contributed by atoms with Crippen molar-refractivity contribution in [2.24, 2.45) is 0 Å². The molecule has 0 aliphatic rings. The van der Waals surface area contributed by atoms with E-state index < -0.39 is 39.6 Å². The highest BCUT2D eigenvalue weighted by molar-refractivity contribution is 7.98. The van der Waals surface area contributed by atoms with Crippen LogP contribution in [0, 0.1) is 6.92 Å². The molecule has 3 N–H and O–H groups in total. The van der Waals surface area contributed by atoms with E-state index in [1.54, 1.807) is 39.0 Å². The summed E-state index contributed by atoms with van der Waals surface area (Å²) in [6.45, 7) is 12.2. The number of amides is 3. The molecule has 4 rings (SSSR count). The van der Waals surface area contributed by atoms with E-state index in [1.165, 1.54) is 29.5 Å². The van der Waals surface area contributed by atoms with Crippen LogP contribution in [0.25, 0.3) is 11.1 Å². The molecular formula is C44H56N4O6S2. The third-order valence-electron chi connectivity index (χ3n) is 9.09. The van der Waals surface area contributed by atoms with Gasteiger partial charge in [0, 0.05) is 25.2 Å². The fourth-order valence-electron chi connectivity index (χ4n) is 6.11. The van der Waals surface area contributed by atoms with Gasteiger partial charge in [-0.05, 0) is 123 Å². The maximum Gasteiger partial charge on any atom is 0.407 e. The Morgan fingerprint density at radius 1 is 0.839 bits per heavy atom. The second-order valence-corrected chi connectivity index (χ2v) is 17.5. The summed E-state index contributed by atoms with van der Waals surface area (Å²) in [5, 5.41) is 5.49. The third kappa shape index (κ3) is 13.8. The number of benzene rings is 4. The minimum atomic E-state index is -4.28. The maximum atomic E-state index is 14.1. The standard InChI is InChI=1S/C44H56N4O6S2/c1-7-8-26-48(27-24-33-15-10-9-11-16-33)31-35-20-23-38(39(29-35)37-17-13-12-14-32(37)2)41(49)46-40(25-28-55-6)42(50)47-56(52,53)36-21-18-34(19-22-36)30-45-43(51)54-44(3,4)5/h9-23,29,40H,7-8,24-28,30-31H2,1-6H3,(H,45,51)(H,46,49)(H,47,50)/t40-/m0/s1. The van der Waals surface area contributed by atoms with Gasteiger partial charge in [0.1, 0.15) is 11.6 Å². The number of ether oxygens (including phenoxy) is 1. The van der Waals surface area contributed by atoms with Gasteiger partial charge in [0.05, 0.1) is 4.90 Å². The molecule has 0 fully saturated rings. The fraction of sp³-hybridized carbons (Fsp3) is 0.386. The summed E-state index contributed by atoms with van der Waals surface area (Å²) in [5.41, 5.74) is 5.39. The molecule has 0 saturated carbocycles. The zero-order valence-corrected chi connectivity index (χ0v) is 35.0. The quantitative estimate of drug-likeness (QED) is 0.0873. The second-order valence-electron chi connectivity index (χ2n) is 14.8. The SMILES string of the molecule is CCCCN(CCc1ccccc1)Cc1ccc(C(=O)N[C@@H](CCSC)C(=O)NS(=O)(=O)c2ccc(CNC(=O)OC(C)(C)C)cc2)c(-c2ccccc2C)c1. The Bertz CT molecular complexity index is 2020. The number of nitrogens with zero attached hydrogens (tertiary/aromatic N) is 1. The lowest BCUT2D eigenvalue weighted by Crippen LogP contribution is -2.48. The Morgan fingerprint density at radius 2 is 1.52 bits per heavy atom. The third-order valence-corrected chi connectivity index (χ3v) is 11.1. The summed E-state index contributed by atoms with van der Waals surface area (Å²) in [4.78, 5) is 42.1. The molecule has 0 aliphatic carbocycles. The average Bonchev–Trinajstić information content (AvgIpc) is 3.16. The Hall–Kier alpha value is -4.65. The van der Waals surface area contributed by atoms with E-state index in [1.807, 2.05) is 49.6 Å². The van der Waals surface area contributed by atoms with Gasteiger partial charge < -0.3 is 15.4 Å². The van der Waals surface area contributed by atoms with Crippen molar-refractivity contribution in [1.29, 1.82) is 0 Å². The second kappa shape index (κ2) is 21.0. The Labute approximate surface area is 337 Å². The summed E-state index contributed by atoms with van der Waals surface area (Å²) in [6.07, 6.45) is 4.60. The number of alkyl carbamates (subject to hydrolysis) is 1. The van der Waals surface area contributed by atoms with Gasteiger partial charge in [0.2, 0.25) is 0 Å². The predicted molar refractivity (Wildman–Crippen MR) is 226 cm³/mol. The van der Waals surface area contributed by atoms with Gasteiger partial charge in [-0.1, -0.05) is 86.1 Å². The number of aryl methyl sites for hydroxylation is 1. The molecule has 0 bridgehead atoms. The van der Waals surface area contributed by atoms with E-state index in [0.717, 1.165) is 54.6 Å². The van der Waals surface area contributed by atoms with E-state index in [4.69, 9.17) is 4.74 Å². The maximum absolute atomic E-state index is 14.1. The minimum absolute atomic E-state index is 0.126. The highest BCUT2D eigenvalue weighted by Gasteiger charge is 2.28. The highest BCUT2D eigenvalue weighted by Crippen LogP contribution is 2.29. The topological polar surface area (TPSA) is 134 Å². The number of thioether (sulfide) groups is 1. The van der Waals surface area contributed by atoms with E-state index in [-0.39, 0.29) is 17.9 Å². The van der Waals surface area contributed by atoms with E-state index in [2.05, 4.69) is 57.5 Å². The van der Waals surface area contributed by atoms with Gasteiger partial charge in [-0.2, -0.15) is 11.8 Å². The normalized spacial score (nSPS) is 12.2. The molecule has 0 spiro atoms. The lowest BCUT2D eigenvalue weighted by Gasteiger charge is -2.24. The van der Waals surface area contributed by atoms with E-state index >= 15 is 0 Å². The van der Waals surface area contributed by atoms with Crippen molar-refractivity contribution in [2.75, 3.05) is 25.1 Å². The van der Waals surface area contributed by atoms with Crippen LogP contribution in [-0.4, -0.2) is 68.0 Å². The first-order chi connectivity index (χ1) is 26.7. The summed E-state index contributed by atoms with van der Waals surface area (Å²) in [7, 11) is -4.28. The average molecular weight is 801 g/mol. The van der Waals surface area contributed by atoms with Crippen molar-refractivity contribution in [2.45, 2.75) is 89.9 Å². The van der Waals surface area contributed by atoms with E-state index in [9.17, 15) is 22.8 Å². The molecular weight excluding hydrogens is 745 g/mol. The van der Waals surface area contributed by atoms with Crippen LogP contribution in [0.1, 0.15) is 79.6 Å². The lowest BCUT2D eigenvalue weighted by molar-refractivity contribution is -0.121. The van der Waals surface area contributed by atoms with Crippen LogP contribution in [0.4, 0.5) is 4.79 Å². The van der Waals surface area contributed by atoms with Gasteiger partial charge >= 0.3 is 6.09 Å². The summed E-state index contributed by atoms with van der Waals surface area (Å²) >= 11 is 1.49. The van der Waals surface area contributed by atoms with Gasteiger partial charge in [0.15, 0.2) is 0 Å². The molecule has 4 aromatic rings. The predicted octanol–water partition coefficient (Wildman–Crippen LogP) is 7.89. The Morgan fingerprint density at radius 3 is 2.18 bits per heavy atom. The van der Waals surface area contributed by atoms with Gasteiger partial charge in [-0.15, -0.1) is 0 Å². The van der Waals surface area contributed by atoms with Crippen LogP contribution in [-0.2, 0) is 39.1 Å². The van der Waals surface area contributed by atoms with Crippen molar-refractivity contribution < 1.29 is 27.5 Å². The van der Waals surface area contributed by atoms with Crippen molar-refractivity contribution in [1.82, 2.24) is 20.3 Å². The number of carbonyl (C=O) groups is 3. The molecule has 0 aromatic heterocycles. The van der Waals surface area contributed by atoms with Crippen LogP contribution >= 0.6 is 11.8 Å².